The zero-order chi connectivity index (χ0) is 37.6. The van der Waals surface area contributed by atoms with Crippen molar-refractivity contribution < 1.29 is 18.3 Å². The van der Waals surface area contributed by atoms with E-state index in [0.29, 0.717) is 0 Å². The van der Waals surface area contributed by atoms with E-state index < -0.39 is 0 Å². The molecule has 0 saturated heterocycles. The Morgan fingerprint density at radius 2 is 0.707 bits per heavy atom. The van der Waals surface area contributed by atoms with Gasteiger partial charge in [-0.2, -0.15) is 0 Å². The fraction of sp³-hybridized carbons (Fsp3) is 0. The van der Waals surface area contributed by atoms with Gasteiger partial charge in [0.15, 0.2) is 23.0 Å². The van der Waals surface area contributed by atoms with Crippen LogP contribution in [-0.2, 0) is 0 Å². The van der Waals surface area contributed by atoms with Crippen LogP contribution in [0.4, 0.5) is 34.1 Å². The zero-order valence-electron chi connectivity index (χ0n) is 30.7. The molecule has 0 atom stereocenters. The smallest absolute Gasteiger partial charge is 0.152 e. The van der Waals surface area contributed by atoms with Crippen LogP contribution in [0.3, 0.4) is 0 Å². The van der Waals surface area contributed by atoms with Crippen molar-refractivity contribution in [1.82, 2.24) is 0 Å². The SMILES string of the molecule is c1ccc2c(c1)Oc1cc3c(cc1N2c1ccc2ccc4c(N5c6ccccc6Oc6cc7c(cc65)oc5ccccc57)ccc5ccc1c2c54)oc1ccccc13. The summed E-state index contributed by atoms with van der Waals surface area (Å²) in [5.74, 6) is 3.18. The van der Waals surface area contributed by atoms with Crippen LogP contribution in [-0.4, -0.2) is 0 Å². The number of hydrogen-bond acceptors (Lipinski definition) is 6. The third kappa shape index (κ3) is 3.95. The number of hydrogen-bond donors (Lipinski definition) is 0. The van der Waals surface area contributed by atoms with Crippen molar-refractivity contribution in [2.24, 2.45) is 0 Å². The van der Waals surface area contributed by atoms with Crippen LogP contribution in [0.15, 0.2) is 179 Å². The molecular formula is C52H28N2O4. The predicted octanol–water partition coefficient (Wildman–Crippen LogP) is 15.5. The van der Waals surface area contributed by atoms with Gasteiger partial charge in [0, 0.05) is 44.5 Å². The number of benzene rings is 10. The molecule has 0 aliphatic carbocycles. The molecule has 10 aromatic carbocycles. The van der Waals surface area contributed by atoms with E-state index in [2.05, 4.69) is 119 Å². The van der Waals surface area contributed by atoms with Crippen LogP contribution in [0.5, 0.6) is 23.0 Å². The molecule has 12 aromatic rings. The van der Waals surface area contributed by atoms with Crippen LogP contribution >= 0.6 is 0 Å². The van der Waals surface area contributed by atoms with E-state index in [1.165, 1.54) is 21.5 Å². The standard InChI is InChI=1S/C52H28N2O4/c1-5-13-43-31(9-1)35-25-49-41(27-47(35)55-43)53(39-11-3-7-15-45(39)57-49)37-23-19-29-18-22-34-38(24-20-30-17-21-33(37)51(29)52(30)34)54-40-12-4-8-16-46(40)58-50-26-36-32-10-2-6-14-44(32)56-48(36)28-42(50)54/h1-28H. The number of ether oxygens (including phenoxy) is 2. The maximum Gasteiger partial charge on any atom is 0.152 e. The predicted molar refractivity (Wildman–Crippen MR) is 234 cm³/mol. The van der Waals surface area contributed by atoms with Gasteiger partial charge in [0.25, 0.3) is 0 Å². The van der Waals surface area contributed by atoms with E-state index >= 15 is 0 Å². The minimum absolute atomic E-state index is 0.786. The van der Waals surface area contributed by atoms with Gasteiger partial charge < -0.3 is 28.1 Å². The van der Waals surface area contributed by atoms with Gasteiger partial charge in [-0.3, -0.25) is 0 Å². The second-order valence-corrected chi connectivity index (χ2v) is 15.2. The zero-order valence-corrected chi connectivity index (χ0v) is 30.7. The Morgan fingerprint density at radius 3 is 1.21 bits per heavy atom. The topological polar surface area (TPSA) is 51.2 Å². The van der Waals surface area contributed by atoms with Gasteiger partial charge in [-0.1, -0.05) is 97.1 Å². The number of nitrogens with zero attached hydrogens (tertiary/aromatic N) is 2. The molecule has 0 amide bonds. The molecular weight excluding hydrogens is 717 g/mol. The first kappa shape index (κ1) is 30.3. The monoisotopic (exact) mass is 744 g/mol. The van der Waals surface area contributed by atoms with Gasteiger partial charge in [-0.05, 0) is 82.2 Å². The fourth-order valence-electron chi connectivity index (χ4n) is 9.63. The van der Waals surface area contributed by atoms with Crippen LogP contribution in [0, 0.1) is 0 Å². The van der Waals surface area contributed by atoms with Gasteiger partial charge in [0.05, 0.1) is 34.1 Å². The molecule has 0 bridgehead atoms. The van der Waals surface area contributed by atoms with E-state index in [1.807, 2.05) is 60.7 Å². The molecule has 14 rings (SSSR count). The highest BCUT2D eigenvalue weighted by molar-refractivity contribution is 6.28. The lowest BCUT2D eigenvalue weighted by molar-refractivity contribution is 0.477. The van der Waals surface area contributed by atoms with Gasteiger partial charge >= 0.3 is 0 Å². The number of furan rings is 2. The summed E-state index contributed by atoms with van der Waals surface area (Å²) >= 11 is 0. The maximum atomic E-state index is 6.66. The second-order valence-electron chi connectivity index (χ2n) is 15.2. The van der Waals surface area contributed by atoms with E-state index in [-0.39, 0.29) is 0 Å². The van der Waals surface area contributed by atoms with Crippen molar-refractivity contribution in [3.63, 3.8) is 0 Å². The molecule has 0 unspecified atom stereocenters. The van der Waals surface area contributed by atoms with Crippen molar-refractivity contribution in [2.75, 3.05) is 9.80 Å². The number of fused-ring (bicyclic) bond motifs is 10. The van der Waals surface area contributed by atoms with Crippen LogP contribution in [0.1, 0.15) is 0 Å². The molecule has 0 saturated carbocycles. The molecule has 270 valence electrons. The Bertz CT molecular complexity index is 3480. The molecule has 6 heteroatoms. The summed E-state index contributed by atoms with van der Waals surface area (Å²) in [5, 5.41) is 11.3. The third-order valence-corrected chi connectivity index (χ3v) is 12.2. The van der Waals surface area contributed by atoms with Crippen molar-refractivity contribution in [1.29, 1.82) is 0 Å². The first-order valence-corrected chi connectivity index (χ1v) is 19.5. The highest BCUT2D eigenvalue weighted by Gasteiger charge is 2.31. The van der Waals surface area contributed by atoms with Crippen LogP contribution < -0.4 is 19.3 Å². The number of para-hydroxylation sites is 6. The summed E-state index contributed by atoms with van der Waals surface area (Å²) in [4.78, 5) is 4.67. The first-order valence-electron chi connectivity index (χ1n) is 19.5. The van der Waals surface area contributed by atoms with Gasteiger partial charge in [-0.15, -0.1) is 0 Å². The van der Waals surface area contributed by atoms with Gasteiger partial charge in [0.2, 0.25) is 0 Å². The Balaban J connectivity index is 1.02. The summed E-state index contributed by atoms with van der Waals surface area (Å²) in [6.07, 6.45) is 0. The molecule has 2 aliphatic rings. The molecule has 2 aliphatic heterocycles. The van der Waals surface area contributed by atoms with E-state index in [0.717, 1.165) is 112 Å². The summed E-state index contributed by atoms with van der Waals surface area (Å²) in [6, 6.07) is 59.4. The highest BCUT2D eigenvalue weighted by Crippen LogP contribution is 2.57. The largest absolute Gasteiger partial charge is 0.456 e. The summed E-state index contributed by atoms with van der Waals surface area (Å²) in [5.41, 5.74) is 9.29. The molecule has 6 nitrogen and oxygen atoms in total. The Morgan fingerprint density at radius 1 is 0.276 bits per heavy atom. The Hall–Kier alpha value is -7.96. The van der Waals surface area contributed by atoms with Crippen LogP contribution in [0.2, 0.25) is 0 Å². The number of rotatable bonds is 2. The molecule has 0 N–H and O–H groups in total. The third-order valence-electron chi connectivity index (χ3n) is 12.2. The Kier molecular flexibility index (Phi) is 5.68. The average molecular weight is 745 g/mol. The van der Waals surface area contributed by atoms with Crippen molar-refractivity contribution in [3.05, 3.63) is 170 Å². The quantitative estimate of drug-likeness (QED) is 0.164. The van der Waals surface area contributed by atoms with Crippen molar-refractivity contribution in [3.8, 4) is 23.0 Å². The molecule has 0 spiro atoms. The van der Waals surface area contributed by atoms with Crippen molar-refractivity contribution in [2.45, 2.75) is 0 Å². The van der Waals surface area contributed by atoms with E-state index in [4.69, 9.17) is 18.3 Å². The molecule has 2 aromatic heterocycles. The molecule has 4 heterocycles. The first-order chi connectivity index (χ1) is 28.7. The van der Waals surface area contributed by atoms with Gasteiger partial charge in [-0.25, -0.2) is 0 Å². The minimum atomic E-state index is 0.786. The van der Waals surface area contributed by atoms with E-state index in [9.17, 15) is 0 Å². The maximum absolute atomic E-state index is 6.66. The molecule has 0 fully saturated rings. The fourth-order valence-corrected chi connectivity index (χ4v) is 9.63. The summed E-state index contributed by atoms with van der Waals surface area (Å²) in [6.45, 7) is 0. The van der Waals surface area contributed by atoms with Crippen molar-refractivity contribution >= 4 is 110 Å². The molecule has 0 radical (unpaired) electrons. The summed E-state index contributed by atoms with van der Waals surface area (Å²) in [7, 11) is 0. The van der Waals surface area contributed by atoms with E-state index in [1.54, 1.807) is 0 Å². The minimum Gasteiger partial charge on any atom is -0.456 e. The number of anilines is 6. The normalized spacial score (nSPS) is 13.4. The van der Waals surface area contributed by atoms with Gasteiger partial charge in [0.1, 0.15) is 22.3 Å². The lowest BCUT2D eigenvalue weighted by Gasteiger charge is -2.34. The average Bonchev–Trinajstić information content (AvgIpc) is 3.82. The Labute approximate surface area is 330 Å². The molecule has 58 heavy (non-hydrogen) atoms. The lowest BCUT2D eigenvalue weighted by Crippen LogP contribution is -2.16. The highest BCUT2D eigenvalue weighted by atomic mass is 16.5. The summed E-state index contributed by atoms with van der Waals surface area (Å²) < 4.78 is 26.2. The lowest BCUT2D eigenvalue weighted by atomic mass is 9.91. The second kappa shape index (κ2) is 10.9. The van der Waals surface area contributed by atoms with Crippen LogP contribution in [0.25, 0.3) is 76.2 Å².